The Balaban J connectivity index is 1.60. The van der Waals surface area contributed by atoms with Crippen molar-refractivity contribution in [2.75, 3.05) is 10.2 Å². The molecule has 4 heterocycles. The van der Waals surface area contributed by atoms with Crippen molar-refractivity contribution >= 4 is 50.6 Å². The lowest BCUT2D eigenvalue weighted by Crippen LogP contribution is -2.34. The van der Waals surface area contributed by atoms with Crippen molar-refractivity contribution in [3.8, 4) is 5.88 Å². The number of aromatic nitrogens is 2. The monoisotopic (exact) mass is 396 g/mol. The zero-order valence-corrected chi connectivity index (χ0v) is 15.7. The highest BCUT2D eigenvalue weighted by atomic mass is 32.1. The van der Waals surface area contributed by atoms with Gasteiger partial charge in [-0.3, -0.25) is 4.90 Å². The van der Waals surface area contributed by atoms with Gasteiger partial charge < -0.3 is 15.2 Å². The summed E-state index contributed by atoms with van der Waals surface area (Å²) >= 11 is 1.04. The largest absolute Gasteiger partial charge is 0.477 e. The van der Waals surface area contributed by atoms with Crippen LogP contribution in [-0.2, 0) is 0 Å². The Kier molecular flexibility index (Phi) is 3.73. The van der Waals surface area contributed by atoms with Gasteiger partial charge in [-0.1, -0.05) is 0 Å². The van der Waals surface area contributed by atoms with Gasteiger partial charge in [-0.05, 0) is 37.8 Å². The van der Waals surface area contributed by atoms with Gasteiger partial charge in [0, 0.05) is 12.3 Å². The molecule has 2 N–H and O–H groups in total. The number of aromatic carboxylic acids is 1. The second-order valence-electron chi connectivity index (χ2n) is 6.87. The van der Waals surface area contributed by atoms with Crippen LogP contribution in [0.15, 0.2) is 24.5 Å². The number of hydrogen-bond acceptors (Lipinski definition) is 6. The van der Waals surface area contributed by atoms with Crippen LogP contribution in [0.5, 0.6) is 5.88 Å². The van der Waals surface area contributed by atoms with Crippen molar-refractivity contribution in [1.29, 1.82) is 0 Å². The normalized spacial score (nSPS) is 16.0. The summed E-state index contributed by atoms with van der Waals surface area (Å²) in [5.41, 5.74) is 2.33. The number of pyridine rings is 2. The van der Waals surface area contributed by atoms with E-state index >= 15 is 0 Å². The number of nitrogens with zero attached hydrogens (tertiary/aromatic N) is 3. The molecule has 0 bridgehead atoms. The molecule has 0 unspecified atom stereocenters. The Bertz CT molecular complexity index is 1140. The molecule has 3 aromatic heterocycles. The Hall–Kier alpha value is -3.20. The summed E-state index contributed by atoms with van der Waals surface area (Å²) in [6.07, 6.45) is 6.67. The number of nitrogens with one attached hydrogen (secondary N) is 1. The fourth-order valence-electron chi connectivity index (χ4n) is 3.46. The van der Waals surface area contributed by atoms with Crippen LogP contribution in [0.1, 0.15) is 34.5 Å². The van der Waals surface area contributed by atoms with Crippen LogP contribution in [-0.4, -0.2) is 33.2 Å². The van der Waals surface area contributed by atoms with E-state index in [-0.39, 0.29) is 11.0 Å². The van der Waals surface area contributed by atoms with Crippen LogP contribution in [0.4, 0.5) is 21.9 Å². The molecule has 0 atom stereocenters. The Morgan fingerprint density at radius 2 is 2.18 bits per heavy atom. The molecule has 2 aliphatic rings. The van der Waals surface area contributed by atoms with E-state index in [4.69, 9.17) is 4.74 Å². The Labute approximate surface area is 163 Å². The van der Waals surface area contributed by atoms with E-state index < -0.39 is 12.0 Å². The van der Waals surface area contributed by atoms with Crippen molar-refractivity contribution in [3.63, 3.8) is 0 Å². The fourth-order valence-corrected chi connectivity index (χ4v) is 4.41. The van der Waals surface area contributed by atoms with Crippen LogP contribution < -0.4 is 15.0 Å². The first-order valence-corrected chi connectivity index (χ1v) is 9.74. The molecule has 142 valence electrons. The number of thiophene rings is 1. The average molecular weight is 396 g/mol. The average Bonchev–Trinajstić information content (AvgIpc) is 3.00. The highest BCUT2D eigenvalue weighted by Gasteiger charge is 2.33. The number of aryl methyl sites for hydroxylation is 1. The minimum Gasteiger partial charge on any atom is -0.477 e. The first-order chi connectivity index (χ1) is 13.5. The summed E-state index contributed by atoms with van der Waals surface area (Å²) in [6.45, 7) is 1.89. The van der Waals surface area contributed by atoms with Crippen LogP contribution in [0.2, 0.25) is 0 Å². The number of amides is 2. The molecule has 0 aromatic carbocycles. The van der Waals surface area contributed by atoms with E-state index in [9.17, 15) is 14.7 Å². The maximum Gasteiger partial charge on any atom is 0.348 e. The molecule has 28 heavy (non-hydrogen) atoms. The van der Waals surface area contributed by atoms with Crippen LogP contribution in [0, 0.1) is 6.92 Å². The summed E-state index contributed by atoms with van der Waals surface area (Å²) in [7, 11) is 0. The maximum absolute atomic E-state index is 12.9. The van der Waals surface area contributed by atoms with Gasteiger partial charge in [0.25, 0.3) is 0 Å². The van der Waals surface area contributed by atoms with Crippen molar-refractivity contribution in [2.24, 2.45) is 0 Å². The van der Waals surface area contributed by atoms with Crippen LogP contribution >= 0.6 is 11.3 Å². The SMILES string of the molecule is Cc1cc(OC2CCC2)ncc1N1C(=O)Nc2c(C(=O)O)sc3nccc1c23. The molecular weight excluding hydrogens is 380 g/mol. The van der Waals surface area contributed by atoms with E-state index in [2.05, 4.69) is 15.3 Å². The van der Waals surface area contributed by atoms with Gasteiger partial charge in [-0.15, -0.1) is 11.3 Å². The summed E-state index contributed by atoms with van der Waals surface area (Å²) in [5.74, 6) is -0.541. The number of carboxylic acids is 1. The summed E-state index contributed by atoms with van der Waals surface area (Å²) in [5, 5.41) is 12.8. The van der Waals surface area contributed by atoms with Crippen molar-refractivity contribution in [3.05, 3.63) is 35.0 Å². The number of carbonyl (C=O) groups is 2. The van der Waals surface area contributed by atoms with Crippen LogP contribution in [0.3, 0.4) is 0 Å². The highest BCUT2D eigenvalue weighted by Crippen LogP contribution is 2.46. The van der Waals surface area contributed by atoms with Gasteiger partial charge in [-0.25, -0.2) is 19.6 Å². The van der Waals surface area contributed by atoms with Gasteiger partial charge in [0.1, 0.15) is 15.8 Å². The third kappa shape index (κ3) is 2.50. The lowest BCUT2D eigenvalue weighted by Gasteiger charge is -2.30. The molecule has 0 radical (unpaired) electrons. The number of carbonyl (C=O) groups excluding carboxylic acids is 1. The molecule has 9 heteroatoms. The van der Waals surface area contributed by atoms with Gasteiger partial charge in [-0.2, -0.15) is 0 Å². The van der Waals surface area contributed by atoms with E-state index in [0.717, 1.165) is 29.7 Å². The molecule has 1 aliphatic heterocycles. The Morgan fingerprint density at radius 1 is 1.36 bits per heavy atom. The molecule has 5 rings (SSSR count). The molecule has 1 aliphatic carbocycles. The van der Waals surface area contributed by atoms with E-state index in [0.29, 0.717) is 33.2 Å². The Morgan fingerprint density at radius 3 is 2.86 bits per heavy atom. The van der Waals surface area contributed by atoms with Gasteiger partial charge in [0.2, 0.25) is 5.88 Å². The standard InChI is InChI=1S/C19H16N4O4S/c1-9-7-13(27-10-3-2-4-10)21-8-12(9)23-11-5-6-20-17-14(11)15(22-19(23)26)16(28-17)18(24)25/h5-8,10H,2-4H2,1H3,(H,22,26)(H,24,25). The zero-order chi connectivity index (χ0) is 19.4. The summed E-state index contributed by atoms with van der Waals surface area (Å²) < 4.78 is 5.84. The minimum absolute atomic E-state index is 0.0713. The first kappa shape index (κ1) is 16.9. The summed E-state index contributed by atoms with van der Waals surface area (Å²) in [6, 6.07) is 3.10. The fraction of sp³-hybridized carbons (Fsp3) is 0.263. The number of hydrogen-bond donors (Lipinski definition) is 2. The first-order valence-electron chi connectivity index (χ1n) is 8.92. The smallest absolute Gasteiger partial charge is 0.348 e. The van der Waals surface area contributed by atoms with Crippen molar-refractivity contribution in [2.45, 2.75) is 32.3 Å². The number of anilines is 3. The van der Waals surface area contributed by atoms with Crippen molar-refractivity contribution in [1.82, 2.24) is 9.97 Å². The lowest BCUT2D eigenvalue weighted by atomic mass is 9.96. The van der Waals surface area contributed by atoms with E-state index in [1.807, 2.05) is 13.0 Å². The van der Waals surface area contributed by atoms with Gasteiger partial charge >= 0.3 is 12.0 Å². The van der Waals surface area contributed by atoms with E-state index in [1.54, 1.807) is 18.5 Å². The number of ether oxygens (including phenoxy) is 1. The summed E-state index contributed by atoms with van der Waals surface area (Å²) in [4.78, 5) is 35.2. The second-order valence-corrected chi connectivity index (χ2v) is 7.87. The lowest BCUT2D eigenvalue weighted by molar-refractivity contribution is 0.0703. The third-order valence-electron chi connectivity index (χ3n) is 5.08. The molecule has 2 amide bonds. The number of urea groups is 1. The van der Waals surface area contributed by atoms with Crippen LogP contribution in [0.25, 0.3) is 10.2 Å². The molecule has 1 fully saturated rings. The number of rotatable bonds is 4. The molecule has 1 saturated carbocycles. The predicted molar refractivity (Wildman–Crippen MR) is 105 cm³/mol. The predicted octanol–water partition coefficient (Wildman–Crippen LogP) is 4.31. The number of carboxylic acid groups (broad SMARTS) is 1. The van der Waals surface area contributed by atoms with E-state index in [1.165, 1.54) is 11.3 Å². The minimum atomic E-state index is -1.09. The molecular formula is C19H16N4O4S. The second kappa shape index (κ2) is 6.16. The molecule has 3 aromatic rings. The molecule has 0 spiro atoms. The quantitative estimate of drug-likeness (QED) is 0.681. The topological polar surface area (TPSA) is 105 Å². The van der Waals surface area contributed by atoms with Crippen molar-refractivity contribution < 1.29 is 19.4 Å². The van der Waals surface area contributed by atoms with Gasteiger partial charge in [0.15, 0.2) is 0 Å². The maximum atomic E-state index is 12.9. The highest BCUT2D eigenvalue weighted by molar-refractivity contribution is 7.21. The molecule has 8 nitrogen and oxygen atoms in total. The third-order valence-corrected chi connectivity index (χ3v) is 6.16. The molecule has 0 saturated heterocycles. The zero-order valence-electron chi connectivity index (χ0n) is 14.9. The van der Waals surface area contributed by atoms with Gasteiger partial charge in [0.05, 0.1) is 28.6 Å².